The molecule has 0 aliphatic carbocycles. The van der Waals surface area contributed by atoms with Gasteiger partial charge in [-0.05, 0) is 36.6 Å². The van der Waals surface area contributed by atoms with Crippen LogP contribution in [0.5, 0.6) is 0 Å². The van der Waals surface area contributed by atoms with Gasteiger partial charge in [0.15, 0.2) is 18.2 Å². The smallest absolute Gasteiger partial charge is 0.325 e. The lowest BCUT2D eigenvalue weighted by Crippen LogP contribution is -2.64. The van der Waals surface area contributed by atoms with Crippen LogP contribution in [0.2, 0.25) is 0 Å². The van der Waals surface area contributed by atoms with E-state index in [1.165, 1.54) is 23.5 Å². The molecule has 0 radical (unpaired) electrons. The first kappa shape index (κ1) is 21.5. The summed E-state index contributed by atoms with van der Waals surface area (Å²) in [6.45, 7) is 9.48. The van der Waals surface area contributed by atoms with Crippen molar-refractivity contribution in [3.63, 3.8) is 0 Å². The Hall–Kier alpha value is -2.68. The molecule has 9 heteroatoms. The molecule has 3 aliphatic rings. The second kappa shape index (κ2) is 8.82. The van der Waals surface area contributed by atoms with Gasteiger partial charge in [-0.2, -0.15) is 0 Å². The van der Waals surface area contributed by atoms with Crippen molar-refractivity contribution in [3.05, 3.63) is 35.6 Å². The number of hydrogen-bond acceptors (Lipinski definition) is 6. The minimum absolute atomic E-state index is 0.296. The number of nitrogens with zero attached hydrogens (tertiary/aromatic N) is 5. The van der Waals surface area contributed by atoms with Crippen molar-refractivity contribution in [3.8, 4) is 0 Å². The summed E-state index contributed by atoms with van der Waals surface area (Å²) >= 11 is 0. The molecule has 1 aromatic carbocycles. The Balaban J connectivity index is 1.54. The van der Waals surface area contributed by atoms with Gasteiger partial charge in [-0.3, -0.25) is 15.0 Å². The number of halogens is 1. The summed E-state index contributed by atoms with van der Waals surface area (Å²) in [5, 5.41) is 2.43. The Morgan fingerprint density at radius 2 is 1.81 bits per heavy atom. The number of nitrogens with one attached hydrogen (secondary N) is 1. The van der Waals surface area contributed by atoms with Gasteiger partial charge in [-0.25, -0.2) is 14.2 Å². The summed E-state index contributed by atoms with van der Waals surface area (Å²) < 4.78 is 13.4. The predicted molar refractivity (Wildman–Crippen MR) is 116 cm³/mol. The van der Waals surface area contributed by atoms with Gasteiger partial charge in [0.1, 0.15) is 5.82 Å². The number of rotatable bonds is 5. The molecule has 2 saturated heterocycles. The maximum Gasteiger partial charge on any atom is 0.325 e. The minimum Gasteiger partial charge on any atom is -0.340 e. The van der Waals surface area contributed by atoms with E-state index in [1.807, 2.05) is 4.90 Å². The molecule has 2 unspecified atom stereocenters. The van der Waals surface area contributed by atoms with E-state index in [2.05, 4.69) is 29.0 Å². The van der Waals surface area contributed by atoms with Crippen molar-refractivity contribution in [1.82, 2.24) is 24.9 Å². The van der Waals surface area contributed by atoms with Crippen LogP contribution in [0, 0.1) is 11.7 Å². The van der Waals surface area contributed by atoms with E-state index >= 15 is 0 Å². The SMILES string of the molecule is CC(C)CCN1CCN(C2=NC3C(C(=O)NC(=O)N3C)N2Cc2ccc(F)cc2)CC1. The number of hydrogen-bond donors (Lipinski definition) is 1. The summed E-state index contributed by atoms with van der Waals surface area (Å²) in [6, 6.07) is 5.26. The van der Waals surface area contributed by atoms with Crippen molar-refractivity contribution >= 4 is 17.9 Å². The summed E-state index contributed by atoms with van der Waals surface area (Å²) in [6.07, 6.45) is 0.616. The largest absolute Gasteiger partial charge is 0.340 e. The average molecular weight is 431 g/mol. The van der Waals surface area contributed by atoms with Gasteiger partial charge in [0.2, 0.25) is 0 Å². The minimum atomic E-state index is -0.596. The molecule has 3 aliphatic heterocycles. The average Bonchev–Trinajstić information content (AvgIpc) is 3.12. The Labute approximate surface area is 182 Å². The highest BCUT2D eigenvalue weighted by Crippen LogP contribution is 2.28. The quantitative estimate of drug-likeness (QED) is 0.767. The lowest BCUT2D eigenvalue weighted by molar-refractivity contribution is -0.127. The van der Waals surface area contributed by atoms with E-state index in [9.17, 15) is 14.0 Å². The van der Waals surface area contributed by atoms with Crippen molar-refractivity contribution in [1.29, 1.82) is 0 Å². The molecule has 0 spiro atoms. The third-order valence-electron chi connectivity index (χ3n) is 6.28. The summed E-state index contributed by atoms with van der Waals surface area (Å²) in [4.78, 5) is 37.8. The number of fused-ring (bicyclic) bond motifs is 1. The first-order chi connectivity index (χ1) is 14.8. The molecule has 4 rings (SSSR count). The zero-order valence-corrected chi connectivity index (χ0v) is 18.4. The number of likely N-dealkylation sites (N-methyl/N-ethyl adjacent to an activating group) is 1. The van der Waals surface area contributed by atoms with Gasteiger partial charge in [0, 0.05) is 39.8 Å². The van der Waals surface area contributed by atoms with Crippen LogP contribution in [0.3, 0.4) is 0 Å². The van der Waals surface area contributed by atoms with Gasteiger partial charge in [0.25, 0.3) is 5.91 Å². The van der Waals surface area contributed by atoms with Gasteiger partial charge >= 0.3 is 6.03 Å². The fourth-order valence-corrected chi connectivity index (χ4v) is 4.34. The lowest BCUT2D eigenvalue weighted by Gasteiger charge is -2.40. The second-order valence-electron chi connectivity index (χ2n) is 8.96. The second-order valence-corrected chi connectivity index (χ2v) is 8.96. The molecule has 0 bridgehead atoms. The number of benzene rings is 1. The van der Waals surface area contributed by atoms with Gasteiger partial charge in [-0.15, -0.1) is 0 Å². The Morgan fingerprint density at radius 1 is 1.13 bits per heavy atom. The molecule has 3 heterocycles. The van der Waals surface area contributed by atoms with E-state index < -0.39 is 18.2 Å². The monoisotopic (exact) mass is 430 g/mol. The zero-order chi connectivity index (χ0) is 22.1. The molecule has 3 amide bonds. The van der Waals surface area contributed by atoms with Crippen LogP contribution in [0.25, 0.3) is 0 Å². The maximum absolute atomic E-state index is 13.4. The highest BCUT2D eigenvalue weighted by Gasteiger charge is 2.49. The Kier molecular flexibility index (Phi) is 6.13. The highest BCUT2D eigenvalue weighted by atomic mass is 19.1. The maximum atomic E-state index is 13.4. The van der Waals surface area contributed by atoms with Crippen LogP contribution >= 0.6 is 0 Å². The fourth-order valence-electron chi connectivity index (χ4n) is 4.34. The lowest BCUT2D eigenvalue weighted by atomic mass is 10.1. The molecule has 1 N–H and O–H groups in total. The van der Waals surface area contributed by atoms with Crippen molar-refractivity contribution in [2.75, 3.05) is 39.8 Å². The molecule has 1 aromatic rings. The summed E-state index contributed by atoms with van der Waals surface area (Å²) in [5.74, 6) is 0.775. The Bertz CT molecular complexity index is 850. The van der Waals surface area contributed by atoms with Crippen LogP contribution in [0.15, 0.2) is 29.3 Å². The molecular weight excluding hydrogens is 399 g/mol. The number of imide groups is 1. The van der Waals surface area contributed by atoms with E-state index in [0.29, 0.717) is 12.5 Å². The van der Waals surface area contributed by atoms with Gasteiger partial charge < -0.3 is 14.7 Å². The molecular formula is C22H31FN6O2. The first-order valence-corrected chi connectivity index (χ1v) is 11.0. The third-order valence-corrected chi connectivity index (χ3v) is 6.28. The molecule has 0 aromatic heterocycles. The summed E-state index contributed by atoms with van der Waals surface area (Å²) in [5.41, 5.74) is 0.887. The topological polar surface area (TPSA) is 71.5 Å². The number of carbonyl (C=O) groups is 2. The van der Waals surface area contributed by atoms with Crippen molar-refractivity contribution < 1.29 is 14.0 Å². The first-order valence-electron chi connectivity index (χ1n) is 11.0. The molecule has 168 valence electrons. The Morgan fingerprint density at radius 3 is 2.45 bits per heavy atom. The molecule has 31 heavy (non-hydrogen) atoms. The number of carbonyl (C=O) groups excluding carboxylic acids is 2. The number of piperazine rings is 1. The van der Waals surface area contributed by atoms with Crippen molar-refractivity contribution in [2.24, 2.45) is 10.9 Å². The molecule has 2 atom stereocenters. The highest BCUT2D eigenvalue weighted by molar-refractivity contribution is 6.03. The van der Waals surface area contributed by atoms with Crippen LogP contribution < -0.4 is 5.32 Å². The molecule has 0 saturated carbocycles. The number of amides is 3. The summed E-state index contributed by atoms with van der Waals surface area (Å²) in [7, 11) is 1.66. The standard InChI is InChI=1S/C22H31FN6O2/c1-15(2)8-9-27-10-12-28(13-11-27)21-24-19-18(20(30)25-22(31)26(19)3)29(21)14-16-4-6-17(23)7-5-16/h4-7,15,18-19H,8-14H2,1-3H3,(H,25,30,31). The van der Waals surface area contributed by atoms with E-state index in [4.69, 9.17) is 4.99 Å². The third kappa shape index (κ3) is 4.51. The predicted octanol–water partition coefficient (Wildman–Crippen LogP) is 1.54. The number of urea groups is 1. The van der Waals surface area contributed by atoms with E-state index in [-0.39, 0.29) is 11.7 Å². The van der Waals surface area contributed by atoms with Crippen LogP contribution in [0.4, 0.5) is 9.18 Å². The number of guanidine groups is 1. The molecule has 8 nitrogen and oxygen atoms in total. The van der Waals surface area contributed by atoms with Crippen LogP contribution in [-0.2, 0) is 11.3 Å². The normalized spacial score (nSPS) is 24.5. The molecule has 2 fully saturated rings. The van der Waals surface area contributed by atoms with Crippen LogP contribution in [-0.4, -0.2) is 89.5 Å². The van der Waals surface area contributed by atoms with Crippen LogP contribution in [0.1, 0.15) is 25.8 Å². The van der Waals surface area contributed by atoms with Gasteiger partial charge in [-0.1, -0.05) is 26.0 Å². The fraction of sp³-hybridized carbons (Fsp3) is 0.591. The van der Waals surface area contributed by atoms with E-state index in [0.717, 1.165) is 44.2 Å². The van der Waals surface area contributed by atoms with E-state index in [1.54, 1.807) is 19.2 Å². The van der Waals surface area contributed by atoms with Gasteiger partial charge in [0.05, 0.1) is 0 Å². The zero-order valence-electron chi connectivity index (χ0n) is 18.4. The number of aliphatic imine (C=N–C) groups is 1. The van der Waals surface area contributed by atoms with Crippen molar-refractivity contribution in [2.45, 2.75) is 39.0 Å².